The van der Waals surface area contributed by atoms with Gasteiger partial charge in [-0.2, -0.15) is 0 Å². The summed E-state index contributed by atoms with van der Waals surface area (Å²) in [6.07, 6.45) is 1.90. The van der Waals surface area contributed by atoms with Crippen LogP contribution in [0.25, 0.3) is 0 Å². The number of nitrogens with zero attached hydrogens (tertiary/aromatic N) is 2. The number of hydrogen-bond acceptors (Lipinski definition) is 7. The molecule has 1 rings (SSSR count). The summed E-state index contributed by atoms with van der Waals surface area (Å²) in [4.78, 5) is 23.1. The SMILES string of the molecule is CCCC(=O)Nc1nnc(S[C@H](CC)C(=O)OCC)s1. The van der Waals surface area contributed by atoms with Gasteiger partial charge >= 0.3 is 5.97 Å². The molecule has 1 N–H and O–H groups in total. The summed E-state index contributed by atoms with van der Waals surface area (Å²) in [6.45, 7) is 6.00. The number of anilines is 1. The third-order valence-corrected chi connectivity index (χ3v) is 4.56. The third kappa shape index (κ3) is 5.46. The molecule has 0 saturated heterocycles. The molecule has 0 aromatic carbocycles. The molecule has 20 heavy (non-hydrogen) atoms. The average molecular weight is 317 g/mol. The predicted molar refractivity (Wildman–Crippen MR) is 80.0 cm³/mol. The first-order chi connectivity index (χ1) is 9.60. The van der Waals surface area contributed by atoms with Gasteiger partial charge in [-0.3, -0.25) is 9.59 Å². The first-order valence-corrected chi connectivity index (χ1v) is 8.26. The number of hydrogen-bond donors (Lipinski definition) is 1. The number of rotatable bonds is 8. The topological polar surface area (TPSA) is 81.2 Å². The third-order valence-electron chi connectivity index (χ3n) is 2.29. The number of carbonyl (C=O) groups is 2. The summed E-state index contributed by atoms with van der Waals surface area (Å²) in [7, 11) is 0. The van der Waals surface area contributed by atoms with Crippen LogP contribution in [0.1, 0.15) is 40.0 Å². The van der Waals surface area contributed by atoms with E-state index >= 15 is 0 Å². The molecule has 0 saturated carbocycles. The molecule has 0 unspecified atom stereocenters. The molecule has 8 heteroatoms. The van der Waals surface area contributed by atoms with Crippen molar-refractivity contribution in [3.63, 3.8) is 0 Å². The first-order valence-electron chi connectivity index (χ1n) is 6.57. The van der Waals surface area contributed by atoms with Crippen LogP contribution in [0.15, 0.2) is 4.34 Å². The van der Waals surface area contributed by atoms with Crippen molar-refractivity contribution < 1.29 is 14.3 Å². The molecule has 112 valence electrons. The van der Waals surface area contributed by atoms with E-state index < -0.39 is 0 Å². The van der Waals surface area contributed by atoms with Crippen molar-refractivity contribution in [2.75, 3.05) is 11.9 Å². The zero-order valence-corrected chi connectivity index (χ0v) is 13.5. The van der Waals surface area contributed by atoms with Crippen LogP contribution < -0.4 is 5.32 Å². The second-order valence-corrected chi connectivity index (χ2v) is 6.37. The van der Waals surface area contributed by atoms with Crippen LogP contribution in [-0.2, 0) is 14.3 Å². The molecule has 1 heterocycles. The summed E-state index contributed by atoms with van der Waals surface area (Å²) in [5, 5.41) is 10.7. The van der Waals surface area contributed by atoms with Gasteiger partial charge in [-0.15, -0.1) is 10.2 Å². The fourth-order valence-electron chi connectivity index (χ4n) is 1.37. The van der Waals surface area contributed by atoms with Crippen LogP contribution in [0.2, 0.25) is 0 Å². The van der Waals surface area contributed by atoms with Crippen molar-refractivity contribution in [2.45, 2.75) is 49.6 Å². The van der Waals surface area contributed by atoms with E-state index in [1.54, 1.807) is 6.92 Å². The van der Waals surface area contributed by atoms with Crippen molar-refractivity contribution in [1.29, 1.82) is 0 Å². The highest BCUT2D eigenvalue weighted by atomic mass is 32.2. The molecule has 0 spiro atoms. The van der Waals surface area contributed by atoms with Crippen molar-refractivity contribution in [3.8, 4) is 0 Å². The Labute approximate surface area is 126 Å². The van der Waals surface area contributed by atoms with Crippen LogP contribution >= 0.6 is 23.1 Å². The monoisotopic (exact) mass is 317 g/mol. The lowest BCUT2D eigenvalue weighted by molar-refractivity contribution is -0.142. The van der Waals surface area contributed by atoms with Crippen molar-refractivity contribution >= 4 is 40.1 Å². The molecule has 0 aliphatic heterocycles. The Balaban J connectivity index is 2.58. The number of aromatic nitrogens is 2. The maximum Gasteiger partial charge on any atom is 0.319 e. The first kappa shape index (κ1) is 16.9. The Morgan fingerprint density at radius 1 is 1.35 bits per heavy atom. The number of nitrogens with one attached hydrogen (secondary N) is 1. The second-order valence-electron chi connectivity index (χ2n) is 3.94. The zero-order valence-electron chi connectivity index (χ0n) is 11.8. The number of carbonyl (C=O) groups excluding carboxylic acids is 2. The molecule has 0 aliphatic rings. The highest BCUT2D eigenvalue weighted by molar-refractivity contribution is 8.02. The zero-order chi connectivity index (χ0) is 15.0. The molecule has 1 aromatic heterocycles. The number of amides is 1. The molecular formula is C12H19N3O3S2. The summed E-state index contributed by atoms with van der Waals surface area (Å²) >= 11 is 2.58. The van der Waals surface area contributed by atoms with Crippen LogP contribution in [0.4, 0.5) is 5.13 Å². The van der Waals surface area contributed by atoms with Gasteiger partial charge < -0.3 is 10.1 Å². The van der Waals surface area contributed by atoms with Crippen LogP contribution in [0, 0.1) is 0 Å². The Morgan fingerprint density at radius 2 is 2.10 bits per heavy atom. The largest absolute Gasteiger partial charge is 0.465 e. The summed E-state index contributed by atoms with van der Waals surface area (Å²) < 4.78 is 5.65. The fraction of sp³-hybridized carbons (Fsp3) is 0.667. The predicted octanol–water partition coefficient (Wildman–Crippen LogP) is 2.71. The maximum atomic E-state index is 11.7. The molecule has 1 amide bonds. The van der Waals surface area contributed by atoms with E-state index in [1.165, 1.54) is 23.1 Å². The van der Waals surface area contributed by atoms with Gasteiger partial charge in [-0.05, 0) is 19.8 Å². The quantitative estimate of drug-likeness (QED) is 0.451. The Kier molecular flexibility index (Phi) is 7.53. The smallest absolute Gasteiger partial charge is 0.319 e. The van der Waals surface area contributed by atoms with Gasteiger partial charge in [0.25, 0.3) is 0 Å². The number of esters is 1. The van der Waals surface area contributed by atoms with Gasteiger partial charge in [0.1, 0.15) is 5.25 Å². The standard InChI is InChI=1S/C12H19N3O3S2/c1-4-7-9(16)13-11-14-15-12(20-11)19-8(5-2)10(17)18-6-3/h8H,4-7H2,1-3H3,(H,13,14,16)/t8-/m1/s1. The van der Waals surface area contributed by atoms with E-state index in [4.69, 9.17) is 4.74 Å². The lowest BCUT2D eigenvalue weighted by Gasteiger charge is -2.10. The highest BCUT2D eigenvalue weighted by Crippen LogP contribution is 2.30. The minimum absolute atomic E-state index is 0.0716. The maximum absolute atomic E-state index is 11.7. The van der Waals surface area contributed by atoms with Crippen LogP contribution in [0.5, 0.6) is 0 Å². The van der Waals surface area contributed by atoms with Crippen molar-refractivity contribution in [2.24, 2.45) is 0 Å². The second kappa shape index (κ2) is 8.91. The van der Waals surface area contributed by atoms with E-state index in [0.717, 1.165) is 6.42 Å². The van der Waals surface area contributed by atoms with E-state index in [2.05, 4.69) is 15.5 Å². The minimum Gasteiger partial charge on any atom is -0.465 e. The van der Waals surface area contributed by atoms with Gasteiger partial charge in [-0.1, -0.05) is 36.9 Å². The Morgan fingerprint density at radius 3 is 2.70 bits per heavy atom. The molecule has 0 fully saturated rings. The van der Waals surface area contributed by atoms with Gasteiger partial charge in [0, 0.05) is 6.42 Å². The molecule has 0 radical (unpaired) electrons. The molecule has 1 atom stereocenters. The number of ether oxygens (including phenoxy) is 1. The van der Waals surface area contributed by atoms with E-state index in [0.29, 0.717) is 28.9 Å². The van der Waals surface area contributed by atoms with E-state index in [1.807, 2.05) is 13.8 Å². The Bertz CT molecular complexity index is 451. The number of thioether (sulfide) groups is 1. The van der Waals surface area contributed by atoms with Gasteiger partial charge in [0.05, 0.1) is 6.61 Å². The summed E-state index contributed by atoms with van der Waals surface area (Å²) in [5.41, 5.74) is 0. The Hall–Kier alpha value is -1.15. The molecule has 6 nitrogen and oxygen atoms in total. The minimum atomic E-state index is -0.290. The van der Waals surface area contributed by atoms with Gasteiger partial charge in [-0.25, -0.2) is 0 Å². The molecular weight excluding hydrogens is 298 g/mol. The summed E-state index contributed by atoms with van der Waals surface area (Å²) in [6, 6.07) is 0. The molecule has 1 aromatic rings. The van der Waals surface area contributed by atoms with Gasteiger partial charge in [0.2, 0.25) is 11.0 Å². The fourth-order valence-corrected chi connectivity index (χ4v) is 3.31. The lowest BCUT2D eigenvalue weighted by Crippen LogP contribution is -2.19. The lowest BCUT2D eigenvalue weighted by atomic mass is 10.3. The summed E-state index contributed by atoms with van der Waals surface area (Å²) in [5.74, 6) is -0.315. The highest BCUT2D eigenvalue weighted by Gasteiger charge is 2.21. The van der Waals surface area contributed by atoms with E-state index in [9.17, 15) is 9.59 Å². The van der Waals surface area contributed by atoms with Crippen molar-refractivity contribution in [3.05, 3.63) is 0 Å². The average Bonchev–Trinajstić information content (AvgIpc) is 2.83. The molecule has 0 aliphatic carbocycles. The van der Waals surface area contributed by atoms with Crippen LogP contribution in [0.3, 0.4) is 0 Å². The van der Waals surface area contributed by atoms with E-state index in [-0.39, 0.29) is 17.1 Å². The van der Waals surface area contributed by atoms with Crippen LogP contribution in [-0.4, -0.2) is 33.9 Å². The van der Waals surface area contributed by atoms with Gasteiger partial charge in [0.15, 0.2) is 4.34 Å². The van der Waals surface area contributed by atoms with Crippen molar-refractivity contribution in [1.82, 2.24) is 10.2 Å². The normalized spacial score (nSPS) is 11.9. The molecule has 0 bridgehead atoms.